The van der Waals surface area contributed by atoms with Crippen molar-refractivity contribution in [3.05, 3.63) is 65.5 Å². The van der Waals surface area contributed by atoms with Gasteiger partial charge in [0, 0.05) is 5.56 Å². The molecule has 3 heteroatoms. The lowest BCUT2D eigenvalue weighted by atomic mass is 10.1. The average molecular weight is 258 g/mol. The molecule has 98 valence electrons. The van der Waals surface area contributed by atoms with E-state index in [1.165, 1.54) is 24.3 Å². The van der Waals surface area contributed by atoms with Gasteiger partial charge in [-0.15, -0.1) is 0 Å². The lowest BCUT2D eigenvalue weighted by Crippen LogP contribution is -2.12. The Morgan fingerprint density at radius 1 is 1.11 bits per heavy atom. The van der Waals surface area contributed by atoms with Crippen molar-refractivity contribution in [3.63, 3.8) is 0 Å². The van der Waals surface area contributed by atoms with Crippen LogP contribution in [0.15, 0.2) is 48.5 Å². The summed E-state index contributed by atoms with van der Waals surface area (Å²) in [6, 6.07) is 13.1. The van der Waals surface area contributed by atoms with Crippen molar-refractivity contribution < 1.29 is 13.9 Å². The van der Waals surface area contributed by atoms with Crippen LogP contribution in [-0.4, -0.2) is 12.4 Å². The van der Waals surface area contributed by atoms with E-state index >= 15 is 0 Å². The number of benzene rings is 2. The molecule has 0 atom stereocenters. The molecule has 0 saturated carbocycles. The molecule has 0 heterocycles. The van der Waals surface area contributed by atoms with Gasteiger partial charge in [-0.25, -0.2) is 4.39 Å². The minimum absolute atomic E-state index is 0.0390. The summed E-state index contributed by atoms with van der Waals surface area (Å²) in [6.45, 7) is 1.99. The van der Waals surface area contributed by atoms with E-state index in [9.17, 15) is 9.18 Å². The zero-order valence-corrected chi connectivity index (χ0v) is 10.7. The van der Waals surface area contributed by atoms with Gasteiger partial charge in [-0.2, -0.15) is 0 Å². The van der Waals surface area contributed by atoms with Gasteiger partial charge in [-0.1, -0.05) is 25.1 Å². The van der Waals surface area contributed by atoms with Gasteiger partial charge >= 0.3 is 0 Å². The number of ether oxygens (including phenoxy) is 1. The maximum Gasteiger partial charge on any atom is 0.200 e. The third-order valence-electron chi connectivity index (χ3n) is 2.88. The van der Waals surface area contributed by atoms with Crippen LogP contribution in [0.2, 0.25) is 0 Å². The number of carbonyl (C=O) groups excluding carboxylic acids is 1. The molecule has 0 aliphatic heterocycles. The van der Waals surface area contributed by atoms with E-state index in [1.807, 2.05) is 31.2 Å². The molecule has 0 aliphatic carbocycles. The van der Waals surface area contributed by atoms with E-state index in [4.69, 9.17) is 4.74 Å². The summed E-state index contributed by atoms with van der Waals surface area (Å²) in [5.74, 6) is 0.208. The Kier molecular flexibility index (Phi) is 4.29. The van der Waals surface area contributed by atoms with Gasteiger partial charge in [0.1, 0.15) is 11.6 Å². The molecule has 19 heavy (non-hydrogen) atoms. The summed E-state index contributed by atoms with van der Waals surface area (Å²) < 4.78 is 18.3. The topological polar surface area (TPSA) is 26.3 Å². The maximum atomic E-state index is 12.8. The number of para-hydroxylation sites is 1. The predicted molar refractivity (Wildman–Crippen MR) is 72.0 cm³/mol. The molecule has 2 nitrogen and oxygen atoms in total. The Balaban J connectivity index is 2.02. The van der Waals surface area contributed by atoms with Crippen molar-refractivity contribution in [2.75, 3.05) is 6.61 Å². The molecule has 2 aromatic carbocycles. The predicted octanol–water partition coefficient (Wildman–Crippen LogP) is 3.65. The molecular formula is C16H15FO2. The van der Waals surface area contributed by atoms with Gasteiger partial charge in [0.05, 0.1) is 0 Å². The molecule has 0 fully saturated rings. The monoisotopic (exact) mass is 258 g/mol. The number of Topliss-reactive ketones (excluding diaryl/α,β-unsaturated/α-hetero) is 1. The molecule has 0 saturated heterocycles. The zero-order chi connectivity index (χ0) is 13.7. The lowest BCUT2D eigenvalue weighted by molar-refractivity contribution is 0.0921. The molecule has 0 radical (unpaired) electrons. The first-order valence-corrected chi connectivity index (χ1v) is 6.20. The number of carbonyl (C=O) groups is 1. The largest absolute Gasteiger partial charge is 0.485 e. The Morgan fingerprint density at radius 3 is 2.47 bits per heavy atom. The summed E-state index contributed by atoms with van der Waals surface area (Å²) in [5.41, 5.74) is 1.52. The van der Waals surface area contributed by atoms with Crippen molar-refractivity contribution >= 4 is 5.78 Å². The first-order valence-electron chi connectivity index (χ1n) is 6.20. The molecule has 0 amide bonds. The highest BCUT2D eigenvalue weighted by atomic mass is 19.1. The minimum Gasteiger partial charge on any atom is -0.485 e. The highest BCUT2D eigenvalue weighted by Crippen LogP contribution is 2.18. The Bertz CT molecular complexity index is 561. The van der Waals surface area contributed by atoms with Gasteiger partial charge in [-0.05, 0) is 42.3 Å². The average Bonchev–Trinajstić information content (AvgIpc) is 2.45. The third-order valence-corrected chi connectivity index (χ3v) is 2.88. The summed E-state index contributed by atoms with van der Waals surface area (Å²) in [5, 5.41) is 0. The van der Waals surface area contributed by atoms with Crippen LogP contribution in [0.1, 0.15) is 22.8 Å². The van der Waals surface area contributed by atoms with E-state index in [0.29, 0.717) is 5.56 Å². The quantitative estimate of drug-likeness (QED) is 0.765. The van der Waals surface area contributed by atoms with E-state index in [-0.39, 0.29) is 18.2 Å². The Labute approximate surface area is 111 Å². The van der Waals surface area contributed by atoms with Crippen molar-refractivity contribution in [2.24, 2.45) is 0 Å². The highest BCUT2D eigenvalue weighted by Gasteiger charge is 2.08. The highest BCUT2D eigenvalue weighted by molar-refractivity contribution is 5.97. The van der Waals surface area contributed by atoms with Gasteiger partial charge in [0.25, 0.3) is 0 Å². The lowest BCUT2D eigenvalue weighted by Gasteiger charge is -2.09. The molecule has 0 aromatic heterocycles. The number of ketones is 1. The van der Waals surface area contributed by atoms with Gasteiger partial charge in [-0.3, -0.25) is 4.79 Å². The third kappa shape index (κ3) is 3.41. The van der Waals surface area contributed by atoms with Crippen molar-refractivity contribution in [3.8, 4) is 5.75 Å². The molecule has 0 unspecified atom stereocenters. The van der Waals surface area contributed by atoms with E-state index in [1.54, 1.807) is 0 Å². The number of aryl methyl sites for hydroxylation is 1. The zero-order valence-electron chi connectivity index (χ0n) is 10.7. The van der Waals surface area contributed by atoms with E-state index < -0.39 is 0 Å². The van der Waals surface area contributed by atoms with Crippen LogP contribution in [0.3, 0.4) is 0 Å². The smallest absolute Gasteiger partial charge is 0.200 e. The van der Waals surface area contributed by atoms with Gasteiger partial charge < -0.3 is 4.74 Å². The number of hydrogen-bond acceptors (Lipinski definition) is 2. The summed E-state index contributed by atoms with van der Waals surface area (Å²) in [6.07, 6.45) is 0.848. The molecule has 0 N–H and O–H groups in total. The van der Waals surface area contributed by atoms with Crippen molar-refractivity contribution in [1.82, 2.24) is 0 Å². The minimum atomic E-state index is -0.353. The van der Waals surface area contributed by atoms with Crippen LogP contribution in [0.5, 0.6) is 5.75 Å². The summed E-state index contributed by atoms with van der Waals surface area (Å²) in [4.78, 5) is 11.9. The fourth-order valence-corrected chi connectivity index (χ4v) is 1.80. The second kappa shape index (κ2) is 6.14. The maximum absolute atomic E-state index is 12.8. The first-order chi connectivity index (χ1) is 9.20. The van der Waals surface area contributed by atoms with Gasteiger partial charge in [0.2, 0.25) is 0 Å². The van der Waals surface area contributed by atoms with E-state index in [2.05, 4.69) is 0 Å². The molecule has 2 aromatic rings. The van der Waals surface area contributed by atoms with Crippen LogP contribution in [0.25, 0.3) is 0 Å². The molecule has 0 spiro atoms. The van der Waals surface area contributed by atoms with Crippen LogP contribution < -0.4 is 4.74 Å². The van der Waals surface area contributed by atoms with Gasteiger partial charge in [0.15, 0.2) is 12.4 Å². The number of hydrogen-bond donors (Lipinski definition) is 0. The fraction of sp³-hybridized carbons (Fsp3) is 0.188. The van der Waals surface area contributed by atoms with Crippen molar-refractivity contribution in [2.45, 2.75) is 13.3 Å². The number of halogens is 1. The normalized spacial score (nSPS) is 10.2. The van der Waals surface area contributed by atoms with Crippen molar-refractivity contribution in [1.29, 1.82) is 0 Å². The second-order valence-corrected chi connectivity index (χ2v) is 4.18. The molecule has 2 rings (SSSR count). The SMILES string of the molecule is CCc1ccccc1OCC(=O)c1ccc(F)cc1. The number of rotatable bonds is 5. The van der Waals surface area contributed by atoms with E-state index in [0.717, 1.165) is 17.7 Å². The Hall–Kier alpha value is -2.16. The summed E-state index contributed by atoms with van der Waals surface area (Å²) >= 11 is 0. The Morgan fingerprint density at radius 2 is 1.79 bits per heavy atom. The fourth-order valence-electron chi connectivity index (χ4n) is 1.80. The summed E-state index contributed by atoms with van der Waals surface area (Å²) in [7, 11) is 0. The molecule has 0 bridgehead atoms. The standard InChI is InChI=1S/C16H15FO2/c1-2-12-5-3-4-6-16(12)19-11-15(18)13-7-9-14(17)10-8-13/h3-10H,2,11H2,1H3. The molecular weight excluding hydrogens is 243 g/mol. The van der Waals surface area contributed by atoms with Crippen LogP contribution >= 0.6 is 0 Å². The van der Waals surface area contributed by atoms with Crippen LogP contribution in [0.4, 0.5) is 4.39 Å². The van der Waals surface area contributed by atoms with Crippen LogP contribution in [0, 0.1) is 5.82 Å². The second-order valence-electron chi connectivity index (χ2n) is 4.18. The first kappa shape index (κ1) is 13.3. The van der Waals surface area contributed by atoms with Crippen LogP contribution in [-0.2, 0) is 6.42 Å². The molecule has 0 aliphatic rings.